The lowest BCUT2D eigenvalue weighted by Crippen LogP contribution is -1.97. The second kappa shape index (κ2) is 4.54. The van der Waals surface area contributed by atoms with Crippen LogP contribution in [0.4, 0.5) is 11.5 Å². The van der Waals surface area contributed by atoms with Gasteiger partial charge >= 0.3 is 0 Å². The Labute approximate surface area is 95.9 Å². The molecule has 7 nitrogen and oxygen atoms in total. The molecule has 0 aliphatic rings. The van der Waals surface area contributed by atoms with Gasteiger partial charge in [0.1, 0.15) is 6.33 Å². The highest BCUT2D eigenvalue weighted by Gasteiger charge is 2.08. The first-order valence-corrected chi connectivity index (χ1v) is 4.67. The van der Waals surface area contributed by atoms with Crippen molar-refractivity contribution in [3.05, 3.63) is 46.9 Å². The monoisotopic (exact) mass is 232 g/mol. The molecule has 0 amide bonds. The van der Waals surface area contributed by atoms with Crippen molar-refractivity contribution in [3.8, 4) is 11.1 Å². The quantitative estimate of drug-likeness (QED) is 0.618. The summed E-state index contributed by atoms with van der Waals surface area (Å²) >= 11 is 0. The Bertz CT molecular complexity index is 542. The zero-order chi connectivity index (χ0) is 12.3. The fraction of sp³-hybridized carbons (Fsp3) is 0. The van der Waals surface area contributed by atoms with Gasteiger partial charge in [-0.1, -0.05) is 0 Å². The average molecular weight is 232 g/mol. The normalized spacial score (nSPS) is 9.94. The Hall–Kier alpha value is -2.54. The second-order valence-electron chi connectivity index (χ2n) is 3.20. The third-order valence-electron chi connectivity index (χ3n) is 2.21. The average Bonchev–Trinajstić information content (AvgIpc) is 2.39. The third-order valence-corrected chi connectivity index (χ3v) is 2.21. The summed E-state index contributed by atoms with van der Waals surface area (Å²) < 4.78 is 0. The van der Waals surface area contributed by atoms with Crippen LogP contribution >= 0.6 is 0 Å². The van der Waals surface area contributed by atoms with Crippen molar-refractivity contribution in [1.29, 1.82) is 0 Å². The summed E-state index contributed by atoms with van der Waals surface area (Å²) in [7, 11) is 0. The third kappa shape index (κ3) is 2.18. The first-order chi connectivity index (χ1) is 8.22. The number of anilines is 1. The van der Waals surface area contributed by atoms with Gasteiger partial charge in [-0.15, -0.1) is 0 Å². The molecule has 2 aromatic rings. The summed E-state index contributed by atoms with van der Waals surface area (Å²) in [5, 5.41) is 19.4. The highest BCUT2D eigenvalue weighted by molar-refractivity contribution is 5.74. The largest absolute Gasteiger partial charge is 0.290 e. The van der Waals surface area contributed by atoms with Crippen molar-refractivity contribution in [3.63, 3.8) is 0 Å². The van der Waals surface area contributed by atoms with E-state index in [4.69, 9.17) is 5.21 Å². The molecule has 0 atom stereocenters. The number of hydrogen-bond acceptors (Lipinski definition) is 6. The van der Waals surface area contributed by atoms with Gasteiger partial charge < -0.3 is 0 Å². The Kier molecular flexibility index (Phi) is 2.93. The maximum absolute atomic E-state index is 10.5. The van der Waals surface area contributed by atoms with Gasteiger partial charge in [0.2, 0.25) is 0 Å². The predicted molar refractivity (Wildman–Crippen MR) is 59.5 cm³/mol. The van der Waals surface area contributed by atoms with E-state index in [1.54, 1.807) is 12.1 Å². The first kappa shape index (κ1) is 11.0. The molecule has 0 aliphatic heterocycles. The van der Waals surface area contributed by atoms with E-state index in [1.165, 1.54) is 24.7 Å². The summed E-state index contributed by atoms with van der Waals surface area (Å²) in [6.07, 6.45) is 2.79. The zero-order valence-corrected chi connectivity index (χ0v) is 8.57. The number of nitrogens with one attached hydrogen (secondary N) is 1. The number of non-ortho nitro benzene ring substituents is 1. The fourth-order valence-electron chi connectivity index (χ4n) is 1.39. The molecular formula is C10H8N4O3. The van der Waals surface area contributed by atoms with E-state index in [0.29, 0.717) is 11.1 Å². The molecule has 0 radical (unpaired) electrons. The highest BCUT2D eigenvalue weighted by Crippen LogP contribution is 2.26. The molecule has 0 spiro atoms. The van der Waals surface area contributed by atoms with Crippen LogP contribution in [0.15, 0.2) is 36.8 Å². The van der Waals surface area contributed by atoms with Crippen LogP contribution in [-0.4, -0.2) is 20.1 Å². The Morgan fingerprint density at radius 1 is 1.29 bits per heavy atom. The maximum Gasteiger partial charge on any atom is 0.269 e. The van der Waals surface area contributed by atoms with E-state index in [9.17, 15) is 10.1 Å². The van der Waals surface area contributed by atoms with Crippen LogP contribution in [0.25, 0.3) is 11.1 Å². The molecule has 0 aliphatic carbocycles. The molecule has 2 rings (SSSR count). The lowest BCUT2D eigenvalue weighted by atomic mass is 10.1. The topological polar surface area (TPSA) is 101 Å². The summed E-state index contributed by atoms with van der Waals surface area (Å²) in [6, 6.07) is 5.89. The van der Waals surface area contributed by atoms with Crippen LogP contribution in [0.2, 0.25) is 0 Å². The molecule has 7 heteroatoms. The Balaban J connectivity index is 2.43. The zero-order valence-electron chi connectivity index (χ0n) is 8.57. The predicted octanol–water partition coefficient (Wildman–Crippen LogP) is 1.85. The molecule has 0 saturated heterocycles. The van der Waals surface area contributed by atoms with Gasteiger partial charge in [0.15, 0.2) is 5.82 Å². The lowest BCUT2D eigenvalue weighted by Gasteiger charge is -2.05. The van der Waals surface area contributed by atoms with Gasteiger partial charge in [-0.25, -0.2) is 9.97 Å². The molecule has 86 valence electrons. The van der Waals surface area contributed by atoms with Crippen LogP contribution in [-0.2, 0) is 0 Å². The van der Waals surface area contributed by atoms with Gasteiger partial charge in [-0.2, -0.15) is 0 Å². The summed E-state index contributed by atoms with van der Waals surface area (Å²) in [4.78, 5) is 17.7. The van der Waals surface area contributed by atoms with Crippen LogP contribution in [0.3, 0.4) is 0 Å². The van der Waals surface area contributed by atoms with Crippen molar-refractivity contribution in [2.45, 2.75) is 0 Å². The highest BCUT2D eigenvalue weighted by atomic mass is 16.6. The van der Waals surface area contributed by atoms with Gasteiger partial charge in [-0.05, 0) is 17.7 Å². The van der Waals surface area contributed by atoms with Crippen molar-refractivity contribution >= 4 is 11.5 Å². The molecule has 17 heavy (non-hydrogen) atoms. The number of nitrogens with zero attached hydrogens (tertiary/aromatic N) is 3. The second-order valence-corrected chi connectivity index (χ2v) is 3.20. The summed E-state index contributed by atoms with van der Waals surface area (Å²) in [6.45, 7) is 0. The van der Waals surface area contributed by atoms with Crippen molar-refractivity contribution < 1.29 is 10.1 Å². The van der Waals surface area contributed by atoms with Crippen molar-refractivity contribution in [2.24, 2.45) is 0 Å². The van der Waals surface area contributed by atoms with Gasteiger partial charge in [0, 0.05) is 23.9 Å². The number of hydrogen-bond donors (Lipinski definition) is 2. The number of aromatic nitrogens is 2. The molecule has 0 unspecified atom stereocenters. The Morgan fingerprint density at radius 2 is 2.00 bits per heavy atom. The first-order valence-electron chi connectivity index (χ1n) is 4.67. The SMILES string of the molecule is O=[N+]([O-])c1ccc(-c2cncnc2NO)cc1. The summed E-state index contributed by atoms with van der Waals surface area (Å²) in [5.41, 5.74) is 3.18. The minimum absolute atomic E-state index is 0.00380. The van der Waals surface area contributed by atoms with Crippen LogP contribution in [0.5, 0.6) is 0 Å². The van der Waals surface area contributed by atoms with E-state index in [-0.39, 0.29) is 11.5 Å². The standard InChI is InChI=1S/C10H8N4O3/c15-13-10-9(5-11-6-12-10)7-1-3-8(4-2-7)14(16)17/h1-6,15H,(H,11,12,13). The molecule has 0 saturated carbocycles. The van der Waals surface area contributed by atoms with E-state index < -0.39 is 4.92 Å². The molecule has 1 heterocycles. The molecule has 2 N–H and O–H groups in total. The molecule has 0 bridgehead atoms. The van der Waals surface area contributed by atoms with E-state index in [2.05, 4.69) is 9.97 Å². The van der Waals surface area contributed by atoms with Crippen LogP contribution < -0.4 is 5.48 Å². The minimum Gasteiger partial charge on any atom is -0.290 e. The van der Waals surface area contributed by atoms with Crippen LogP contribution in [0.1, 0.15) is 0 Å². The molecular weight excluding hydrogens is 224 g/mol. The van der Waals surface area contributed by atoms with Gasteiger partial charge in [0.25, 0.3) is 5.69 Å². The minimum atomic E-state index is -0.476. The van der Waals surface area contributed by atoms with E-state index in [0.717, 1.165) is 0 Å². The van der Waals surface area contributed by atoms with E-state index >= 15 is 0 Å². The number of rotatable bonds is 3. The molecule has 1 aromatic carbocycles. The number of nitro benzene ring substituents is 1. The number of nitro groups is 1. The number of benzene rings is 1. The van der Waals surface area contributed by atoms with E-state index in [1.807, 2.05) is 5.48 Å². The molecule has 0 fully saturated rings. The van der Waals surface area contributed by atoms with Gasteiger partial charge in [-0.3, -0.25) is 20.8 Å². The van der Waals surface area contributed by atoms with Crippen molar-refractivity contribution in [2.75, 3.05) is 5.48 Å². The molecule has 1 aromatic heterocycles. The van der Waals surface area contributed by atoms with Crippen molar-refractivity contribution in [1.82, 2.24) is 9.97 Å². The van der Waals surface area contributed by atoms with Gasteiger partial charge in [0.05, 0.1) is 4.92 Å². The Morgan fingerprint density at radius 3 is 2.59 bits per heavy atom. The fourth-order valence-corrected chi connectivity index (χ4v) is 1.39. The smallest absolute Gasteiger partial charge is 0.269 e. The van der Waals surface area contributed by atoms with Crippen LogP contribution in [0, 0.1) is 10.1 Å². The maximum atomic E-state index is 10.5. The summed E-state index contributed by atoms with van der Waals surface area (Å²) in [5.74, 6) is 0.244. The lowest BCUT2D eigenvalue weighted by molar-refractivity contribution is -0.384.